The third kappa shape index (κ3) is 5.97. The van der Waals surface area contributed by atoms with Crippen molar-refractivity contribution in [2.45, 2.75) is 32.7 Å². The number of amides is 1. The third-order valence-corrected chi connectivity index (χ3v) is 8.22. The van der Waals surface area contributed by atoms with Gasteiger partial charge in [0.05, 0.1) is 28.5 Å². The highest BCUT2D eigenvalue weighted by atomic mass is 32.1. The number of likely N-dealkylation sites (tertiary alicyclic amines) is 1. The fourth-order valence-corrected chi connectivity index (χ4v) is 6.12. The molecule has 2 aliphatic rings. The van der Waals surface area contributed by atoms with Crippen LogP contribution in [0, 0.1) is 0 Å². The van der Waals surface area contributed by atoms with Crippen molar-refractivity contribution in [3.8, 4) is 5.75 Å². The average molecular weight is 575 g/mol. The standard InChI is InChI=1S/C31H34N4O5S/c1-5-39-30(38)27-20(2)32-31-35(28(27)22-10-12-23(13-11-22)33(3)4)29(37)25(41-31)18-21-8-14-24(15-9-21)40-19-26(36)34-16-6-7-17-34/h8-15,18,28H,5-7,16-17,19H2,1-4H3/b25-18+/t28-/m1/s1. The summed E-state index contributed by atoms with van der Waals surface area (Å²) in [5.41, 5.74) is 3.26. The molecular weight excluding hydrogens is 540 g/mol. The Morgan fingerprint density at radius 2 is 1.76 bits per heavy atom. The summed E-state index contributed by atoms with van der Waals surface area (Å²) in [6.07, 6.45) is 3.89. The highest BCUT2D eigenvalue weighted by Crippen LogP contribution is 2.31. The number of anilines is 1. The van der Waals surface area contributed by atoms with Crippen LogP contribution < -0.4 is 24.5 Å². The molecule has 2 aromatic carbocycles. The molecule has 9 nitrogen and oxygen atoms in total. The fourth-order valence-electron chi connectivity index (χ4n) is 5.08. The van der Waals surface area contributed by atoms with E-state index >= 15 is 0 Å². The van der Waals surface area contributed by atoms with E-state index in [4.69, 9.17) is 9.47 Å². The second-order valence-corrected chi connectivity index (χ2v) is 11.2. The summed E-state index contributed by atoms with van der Waals surface area (Å²) >= 11 is 1.28. The maximum absolute atomic E-state index is 13.8. The van der Waals surface area contributed by atoms with Crippen LogP contribution in [0.15, 0.2) is 69.6 Å². The molecule has 3 aromatic rings. The van der Waals surface area contributed by atoms with Crippen molar-refractivity contribution in [1.29, 1.82) is 0 Å². The van der Waals surface area contributed by atoms with Gasteiger partial charge in [-0.2, -0.15) is 0 Å². The van der Waals surface area contributed by atoms with Crippen molar-refractivity contribution in [3.63, 3.8) is 0 Å². The maximum atomic E-state index is 13.8. The minimum absolute atomic E-state index is 0.00363. The van der Waals surface area contributed by atoms with Crippen molar-refractivity contribution >= 4 is 35.0 Å². The van der Waals surface area contributed by atoms with Gasteiger partial charge in [0.2, 0.25) is 0 Å². The molecule has 214 valence electrons. The zero-order valence-corrected chi connectivity index (χ0v) is 24.6. The van der Waals surface area contributed by atoms with Crippen molar-refractivity contribution < 1.29 is 19.1 Å². The molecule has 5 rings (SSSR count). The van der Waals surface area contributed by atoms with Gasteiger partial charge in [-0.1, -0.05) is 35.6 Å². The van der Waals surface area contributed by atoms with Gasteiger partial charge in [0.15, 0.2) is 11.4 Å². The first kappa shape index (κ1) is 28.4. The summed E-state index contributed by atoms with van der Waals surface area (Å²) in [5, 5.41) is 0. The quantitative estimate of drug-likeness (QED) is 0.384. The molecule has 0 spiro atoms. The fraction of sp³-hybridized carbons (Fsp3) is 0.355. The summed E-state index contributed by atoms with van der Waals surface area (Å²) < 4.78 is 13.1. The Morgan fingerprint density at radius 3 is 2.39 bits per heavy atom. The number of benzene rings is 2. The van der Waals surface area contributed by atoms with Crippen molar-refractivity contribution in [1.82, 2.24) is 9.47 Å². The van der Waals surface area contributed by atoms with Crippen LogP contribution in [0.5, 0.6) is 5.75 Å². The van der Waals surface area contributed by atoms with Crippen LogP contribution >= 0.6 is 11.3 Å². The minimum Gasteiger partial charge on any atom is -0.484 e. The number of nitrogens with zero attached hydrogens (tertiary/aromatic N) is 4. The zero-order valence-electron chi connectivity index (χ0n) is 23.8. The highest BCUT2D eigenvalue weighted by molar-refractivity contribution is 7.07. The van der Waals surface area contributed by atoms with E-state index in [9.17, 15) is 14.4 Å². The number of carbonyl (C=O) groups excluding carboxylic acids is 2. The van der Waals surface area contributed by atoms with Crippen LogP contribution in [0.1, 0.15) is 43.9 Å². The minimum atomic E-state index is -0.660. The number of hydrogen-bond donors (Lipinski definition) is 0. The summed E-state index contributed by atoms with van der Waals surface area (Å²) in [7, 11) is 3.91. The Morgan fingerprint density at radius 1 is 1.07 bits per heavy atom. The molecular formula is C31H34N4O5S. The SMILES string of the molecule is CCOC(=O)C1=C(C)N=c2s/c(=C/c3ccc(OCC(=O)N4CCCC4)cc3)c(=O)n2[C@@H]1c1ccc(N(C)C)cc1. The lowest BCUT2D eigenvalue weighted by molar-refractivity contribution is -0.139. The van der Waals surface area contributed by atoms with E-state index in [1.165, 1.54) is 11.3 Å². The van der Waals surface area contributed by atoms with E-state index in [0.29, 0.717) is 26.4 Å². The monoisotopic (exact) mass is 574 g/mol. The lowest BCUT2D eigenvalue weighted by Crippen LogP contribution is -2.39. The number of ether oxygens (including phenoxy) is 2. The van der Waals surface area contributed by atoms with E-state index in [0.717, 1.165) is 42.7 Å². The van der Waals surface area contributed by atoms with Gasteiger partial charge < -0.3 is 19.3 Å². The number of aromatic nitrogens is 1. The van der Waals surface area contributed by atoms with E-state index in [-0.39, 0.29) is 24.7 Å². The number of esters is 1. The van der Waals surface area contributed by atoms with Crippen LogP contribution in [0.4, 0.5) is 5.69 Å². The van der Waals surface area contributed by atoms with E-state index in [1.54, 1.807) is 36.6 Å². The lowest BCUT2D eigenvalue weighted by atomic mass is 9.95. The van der Waals surface area contributed by atoms with E-state index in [1.807, 2.05) is 60.3 Å². The molecule has 0 saturated carbocycles. The molecule has 0 aliphatic carbocycles. The number of fused-ring (bicyclic) bond motifs is 1. The van der Waals surface area contributed by atoms with Crippen LogP contribution in [-0.4, -0.2) is 61.7 Å². The molecule has 1 fully saturated rings. The predicted octanol–water partition coefficient (Wildman–Crippen LogP) is 2.87. The molecule has 1 atom stereocenters. The Hall–Kier alpha value is -4.18. The Labute approximate surface area is 242 Å². The van der Waals surface area contributed by atoms with Crippen LogP contribution in [0.3, 0.4) is 0 Å². The normalized spacial score (nSPS) is 16.8. The first-order valence-electron chi connectivity index (χ1n) is 13.7. The van der Waals surface area contributed by atoms with Gasteiger partial charge in [0.1, 0.15) is 5.75 Å². The first-order chi connectivity index (χ1) is 19.8. The topological polar surface area (TPSA) is 93.4 Å². The molecule has 0 bridgehead atoms. The van der Waals surface area contributed by atoms with Gasteiger partial charge in [-0.3, -0.25) is 14.2 Å². The van der Waals surface area contributed by atoms with Gasteiger partial charge in [-0.25, -0.2) is 9.79 Å². The summed E-state index contributed by atoms with van der Waals surface area (Å²) in [5.74, 6) is 0.103. The number of rotatable bonds is 8. The second-order valence-electron chi connectivity index (χ2n) is 10.2. The molecule has 1 aromatic heterocycles. The summed E-state index contributed by atoms with van der Waals surface area (Å²) in [6, 6.07) is 14.4. The Balaban J connectivity index is 1.47. The molecule has 41 heavy (non-hydrogen) atoms. The second kappa shape index (κ2) is 12.1. The van der Waals surface area contributed by atoms with Gasteiger partial charge >= 0.3 is 5.97 Å². The molecule has 10 heteroatoms. The van der Waals surface area contributed by atoms with Crippen molar-refractivity contribution in [2.24, 2.45) is 4.99 Å². The van der Waals surface area contributed by atoms with Crippen LogP contribution in [-0.2, 0) is 14.3 Å². The molecule has 0 unspecified atom stereocenters. The van der Waals surface area contributed by atoms with E-state index in [2.05, 4.69) is 4.99 Å². The smallest absolute Gasteiger partial charge is 0.338 e. The molecule has 1 saturated heterocycles. The Kier molecular flexibility index (Phi) is 8.39. The van der Waals surface area contributed by atoms with Gasteiger partial charge in [-0.05, 0) is 68.2 Å². The van der Waals surface area contributed by atoms with Crippen molar-refractivity contribution in [2.75, 3.05) is 45.3 Å². The molecule has 1 amide bonds. The lowest BCUT2D eigenvalue weighted by Gasteiger charge is -2.25. The predicted molar refractivity (Wildman–Crippen MR) is 159 cm³/mol. The summed E-state index contributed by atoms with van der Waals surface area (Å²) in [4.78, 5) is 48.2. The van der Waals surface area contributed by atoms with Gasteiger partial charge in [0, 0.05) is 32.9 Å². The van der Waals surface area contributed by atoms with Crippen molar-refractivity contribution in [3.05, 3.63) is 90.6 Å². The molecule has 2 aliphatic heterocycles. The van der Waals surface area contributed by atoms with Gasteiger partial charge in [-0.15, -0.1) is 0 Å². The highest BCUT2D eigenvalue weighted by Gasteiger charge is 2.33. The molecule has 0 N–H and O–H groups in total. The van der Waals surface area contributed by atoms with Crippen LogP contribution in [0.25, 0.3) is 6.08 Å². The van der Waals surface area contributed by atoms with E-state index < -0.39 is 12.0 Å². The average Bonchev–Trinajstić information content (AvgIpc) is 3.60. The maximum Gasteiger partial charge on any atom is 0.338 e. The number of carbonyl (C=O) groups is 2. The first-order valence-corrected chi connectivity index (χ1v) is 14.6. The zero-order chi connectivity index (χ0) is 29.1. The van der Waals surface area contributed by atoms with Crippen LogP contribution in [0.2, 0.25) is 0 Å². The molecule has 0 radical (unpaired) electrons. The number of allylic oxidation sites excluding steroid dienone is 1. The third-order valence-electron chi connectivity index (χ3n) is 7.24. The summed E-state index contributed by atoms with van der Waals surface area (Å²) in [6.45, 7) is 5.35. The largest absolute Gasteiger partial charge is 0.484 e. The molecule has 3 heterocycles. The number of thiazole rings is 1. The van der Waals surface area contributed by atoms with Gasteiger partial charge in [0.25, 0.3) is 11.5 Å². The number of hydrogen-bond acceptors (Lipinski definition) is 8. The Bertz CT molecular complexity index is 1650.